The molecule has 1 aliphatic heterocycles. The average Bonchev–Trinajstić information content (AvgIpc) is 3.11. The maximum absolute atomic E-state index is 13.0. The first kappa shape index (κ1) is 17.0. The molecule has 0 aliphatic carbocycles. The normalized spacial score (nSPS) is 16.5. The molecule has 0 saturated heterocycles. The summed E-state index contributed by atoms with van der Waals surface area (Å²) in [6.45, 7) is 1.98. The summed E-state index contributed by atoms with van der Waals surface area (Å²) in [5.41, 5.74) is 3.32. The van der Waals surface area contributed by atoms with Crippen LogP contribution in [0.25, 0.3) is 11.0 Å². The molecular weight excluding hydrogens is 356 g/mol. The van der Waals surface area contributed by atoms with E-state index in [0.717, 1.165) is 17.7 Å². The van der Waals surface area contributed by atoms with Crippen molar-refractivity contribution in [2.24, 2.45) is 0 Å². The predicted molar refractivity (Wildman–Crippen MR) is 98.7 cm³/mol. The van der Waals surface area contributed by atoms with Gasteiger partial charge in [-0.1, -0.05) is 30.3 Å². The minimum atomic E-state index is -2.59. The molecule has 7 heteroatoms. The maximum atomic E-state index is 13.0. The first-order valence-electron chi connectivity index (χ1n) is 8.34. The lowest BCUT2D eigenvalue weighted by atomic mass is 10.1. The monoisotopic (exact) mass is 373 g/mol. The second-order valence-corrected chi connectivity index (χ2v) is 7.25. The van der Waals surface area contributed by atoms with Crippen LogP contribution in [-0.4, -0.2) is 27.3 Å². The fourth-order valence-electron chi connectivity index (χ4n) is 3.53. The number of anilines is 1. The Morgan fingerprint density at radius 2 is 1.96 bits per heavy atom. The number of aromatic nitrogens is 2. The van der Waals surface area contributed by atoms with Gasteiger partial charge in [-0.2, -0.15) is 8.78 Å². The van der Waals surface area contributed by atoms with Crippen LogP contribution in [0.2, 0.25) is 0 Å². The highest BCUT2D eigenvalue weighted by Gasteiger charge is 2.31. The minimum absolute atomic E-state index is 0.0196. The fourth-order valence-corrected chi connectivity index (χ4v) is 4.13. The Hall–Kier alpha value is -2.41. The number of thioether (sulfide) groups is 1. The summed E-state index contributed by atoms with van der Waals surface area (Å²) < 4.78 is 27.5. The molecule has 4 nitrogen and oxygen atoms in total. The number of para-hydroxylation sites is 3. The highest BCUT2D eigenvalue weighted by molar-refractivity contribution is 7.99. The zero-order chi connectivity index (χ0) is 18.3. The molecule has 3 aromatic rings. The van der Waals surface area contributed by atoms with E-state index in [1.807, 2.05) is 37.3 Å². The van der Waals surface area contributed by atoms with Gasteiger partial charge in [0.1, 0.15) is 6.54 Å². The number of benzene rings is 2. The van der Waals surface area contributed by atoms with Crippen LogP contribution in [0.1, 0.15) is 12.5 Å². The van der Waals surface area contributed by atoms with Gasteiger partial charge in [-0.05, 0) is 48.9 Å². The molecule has 0 saturated carbocycles. The van der Waals surface area contributed by atoms with Crippen LogP contribution in [0.15, 0.2) is 53.7 Å². The Kier molecular flexibility index (Phi) is 4.40. The van der Waals surface area contributed by atoms with Crippen LogP contribution in [-0.2, 0) is 17.8 Å². The molecule has 0 N–H and O–H groups in total. The maximum Gasteiger partial charge on any atom is 0.291 e. The van der Waals surface area contributed by atoms with Crippen molar-refractivity contribution in [1.29, 1.82) is 0 Å². The van der Waals surface area contributed by atoms with Crippen LogP contribution < -0.4 is 4.90 Å². The van der Waals surface area contributed by atoms with Crippen molar-refractivity contribution in [2.75, 3.05) is 4.90 Å². The molecule has 26 heavy (non-hydrogen) atoms. The fraction of sp³-hybridized carbons (Fsp3) is 0.263. The number of hydrogen-bond donors (Lipinski definition) is 0. The highest BCUT2D eigenvalue weighted by atomic mass is 32.2. The molecule has 1 aromatic heterocycles. The first-order valence-corrected chi connectivity index (χ1v) is 9.22. The van der Waals surface area contributed by atoms with E-state index in [-0.39, 0.29) is 23.7 Å². The summed E-state index contributed by atoms with van der Waals surface area (Å²) in [4.78, 5) is 19.1. The summed E-state index contributed by atoms with van der Waals surface area (Å²) >= 11 is 0.370. The molecule has 0 bridgehead atoms. The Bertz CT molecular complexity index is 972. The quantitative estimate of drug-likeness (QED) is 0.639. The van der Waals surface area contributed by atoms with E-state index < -0.39 is 5.76 Å². The highest BCUT2D eigenvalue weighted by Crippen LogP contribution is 2.33. The van der Waals surface area contributed by atoms with Gasteiger partial charge in [0.2, 0.25) is 5.91 Å². The van der Waals surface area contributed by atoms with Gasteiger partial charge in [-0.3, -0.25) is 4.79 Å². The SMILES string of the molecule is CC1Cc2ccccc2N1C(=O)Cn1c(SC(F)F)nc2ccccc21. The number of alkyl halides is 2. The average molecular weight is 373 g/mol. The summed E-state index contributed by atoms with van der Waals surface area (Å²) in [6.07, 6.45) is 0.797. The molecule has 2 aromatic carbocycles. The van der Waals surface area contributed by atoms with Gasteiger partial charge in [-0.15, -0.1) is 0 Å². The summed E-state index contributed by atoms with van der Waals surface area (Å²) in [7, 11) is 0. The Morgan fingerprint density at radius 1 is 1.23 bits per heavy atom. The molecule has 1 unspecified atom stereocenters. The van der Waals surface area contributed by atoms with E-state index in [0.29, 0.717) is 22.8 Å². The van der Waals surface area contributed by atoms with Crippen molar-refractivity contribution in [3.63, 3.8) is 0 Å². The number of halogens is 2. The van der Waals surface area contributed by atoms with Crippen molar-refractivity contribution in [3.05, 3.63) is 54.1 Å². The minimum Gasteiger partial charge on any atom is -0.309 e. The smallest absolute Gasteiger partial charge is 0.291 e. The van der Waals surface area contributed by atoms with Crippen LogP contribution in [0.5, 0.6) is 0 Å². The summed E-state index contributed by atoms with van der Waals surface area (Å²) in [5.74, 6) is -2.71. The van der Waals surface area contributed by atoms with E-state index in [9.17, 15) is 13.6 Å². The molecule has 1 atom stereocenters. The van der Waals surface area contributed by atoms with Crippen LogP contribution >= 0.6 is 11.8 Å². The molecule has 0 radical (unpaired) electrons. The number of carbonyl (C=O) groups excluding carboxylic acids is 1. The van der Waals surface area contributed by atoms with E-state index in [1.54, 1.807) is 27.7 Å². The third kappa shape index (κ3) is 2.96. The van der Waals surface area contributed by atoms with Crippen LogP contribution in [0.3, 0.4) is 0 Å². The Labute approximate surface area is 153 Å². The lowest BCUT2D eigenvalue weighted by Gasteiger charge is -2.23. The third-order valence-corrected chi connectivity index (χ3v) is 5.28. The largest absolute Gasteiger partial charge is 0.309 e. The number of imidazole rings is 1. The van der Waals surface area contributed by atoms with Gasteiger partial charge in [0.25, 0.3) is 5.76 Å². The number of hydrogen-bond acceptors (Lipinski definition) is 3. The van der Waals surface area contributed by atoms with Gasteiger partial charge in [0.15, 0.2) is 5.16 Å². The molecule has 0 fully saturated rings. The van der Waals surface area contributed by atoms with Crippen molar-refractivity contribution in [2.45, 2.75) is 36.8 Å². The number of amides is 1. The number of carbonyl (C=O) groups is 1. The zero-order valence-corrected chi connectivity index (χ0v) is 14.9. The van der Waals surface area contributed by atoms with Crippen molar-refractivity contribution in [3.8, 4) is 0 Å². The zero-order valence-electron chi connectivity index (χ0n) is 14.1. The van der Waals surface area contributed by atoms with Gasteiger partial charge in [0.05, 0.1) is 11.0 Å². The molecule has 0 spiro atoms. The molecule has 4 rings (SSSR count). The molecule has 2 heterocycles. The Balaban J connectivity index is 1.70. The number of fused-ring (bicyclic) bond motifs is 2. The second kappa shape index (κ2) is 6.72. The number of nitrogens with zero attached hydrogens (tertiary/aromatic N) is 3. The van der Waals surface area contributed by atoms with Crippen LogP contribution in [0, 0.1) is 0 Å². The van der Waals surface area contributed by atoms with E-state index >= 15 is 0 Å². The lowest BCUT2D eigenvalue weighted by Crippen LogP contribution is -2.38. The van der Waals surface area contributed by atoms with Crippen molar-refractivity contribution < 1.29 is 13.6 Å². The van der Waals surface area contributed by atoms with E-state index in [2.05, 4.69) is 4.98 Å². The Morgan fingerprint density at radius 3 is 2.77 bits per heavy atom. The molecule has 1 amide bonds. The molecule has 134 valence electrons. The molecule has 1 aliphatic rings. The van der Waals surface area contributed by atoms with Gasteiger partial charge in [0, 0.05) is 11.7 Å². The van der Waals surface area contributed by atoms with Gasteiger partial charge >= 0.3 is 0 Å². The van der Waals surface area contributed by atoms with Crippen molar-refractivity contribution >= 4 is 34.4 Å². The lowest BCUT2D eigenvalue weighted by molar-refractivity contribution is -0.119. The summed E-state index contributed by atoms with van der Waals surface area (Å²) in [5, 5.41) is 0.162. The van der Waals surface area contributed by atoms with Gasteiger partial charge < -0.3 is 9.47 Å². The second-order valence-electron chi connectivity index (χ2n) is 6.29. The predicted octanol–water partition coefficient (Wildman–Crippen LogP) is 4.33. The molecular formula is C19H17F2N3OS. The topological polar surface area (TPSA) is 38.1 Å². The third-order valence-electron chi connectivity index (χ3n) is 4.58. The van der Waals surface area contributed by atoms with E-state index in [4.69, 9.17) is 0 Å². The first-order chi connectivity index (χ1) is 12.5. The van der Waals surface area contributed by atoms with Gasteiger partial charge in [-0.25, -0.2) is 4.98 Å². The number of rotatable bonds is 4. The van der Waals surface area contributed by atoms with Crippen molar-refractivity contribution in [1.82, 2.24) is 9.55 Å². The summed E-state index contributed by atoms with van der Waals surface area (Å²) in [6, 6.07) is 15.0. The van der Waals surface area contributed by atoms with E-state index in [1.165, 1.54) is 0 Å². The van der Waals surface area contributed by atoms with Crippen LogP contribution in [0.4, 0.5) is 14.5 Å². The standard InChI is InChI=1S/C19H17F2N3OS/c1-12-10-13-6-2-4-8-15(13)24(12)17(25)11-23-16-9-5-3-7-14(16)22-19(23)26-18(20)21/h2-9,12,18H,10-11H2,1H3.